The van der Waals surface area contributed by atoms with Crippen LogP contribution in [0.5, 0.6) is 0 Å². The topological polar surface area (TPSA) is 101 Å². The van der Waals surface area contributed by atoms with Crippen molar-refractivity contribution in [1.82, 2.24) is 9.29 Å². The summed E-state index contributed by atoms with van der Waals surface area (Å²) >= 11 is 6.23. The van der Waals surface area contributed by atoms with E-state index >= 15 is 0 Å². The fourth-order valence-corrected chi connectivity index (χ4v) is 6.35. The number of hydrogen-bond acceptors (Lipinski definition) is 6. The number of benzene rings is 3. The van der Waals surface area contributed by atoms with E-state index in [9.17, 15) is 13.2 Å². The van der Waals surface area contributed by atoms with Gasteiger partial charge >= 0.3 is 0 Å². The molecule has 3 N–H and O–H groups in total. The van der Waals surface area contributed by atoms with Crippen LogP contribution in [0.1, 0.15) is 35.9 Å². The quantitative estimate of drug-likeness (QED) is 0.252. The Morgan fingerprint density at radius 2 is 1.48 bits per heavy atom. The lowest BCUT2D eigenvalue weighted by molar-refractivity contribution is 0.0981. The number of carbonyl (C=O) groups is 1. The summed E-state index contributed by atoms with van der Waals surface area (Å²) < 4.78 is 28.6. The molecule has 5 rings (SSSR count). The molecule has 0 unspecified atom stereocenters. The average molecular weight is 606 g/mol. The fourth-order valence-electron chi connectivity index (χ4n) is 5.79. The first-order chi connectivity index (χ1) is 19.9. The Morgan fingerprint density at radius 3 is 2.05 bits per heavy atom. The number of nitrogens with two attached hydrogens (primary N) is 1. The van der Waals surface area contributed by atoms with Crippen molar-refractivity contribution >= 4 is 44.6 Å². The van der Waals surface area contributed by atoms with E-state index in [1.54, 1.807) is 0 Å². The zero-order valence-corrected chi connectivity index (χ0v) is 25.8. The lowest BCUT2D eigenvalue weighted by Crippen LogP contribution is -2.46. The second-order valence-electron chi connectivity index (χ2n) is 11.0. The number of nitrogens with one attached hydrogen (secondary N) is 1. The average Bonchev–Trinajstić information content (AvgIpc) is 3.26. The molecule has 3 aromatic carbocycles. The maximum absolute atomic E-state index is 13.6. The summed E-state index contributed by atoms with van der Waals surface area (Å²) in [7, 11) is -3.78. The number of carbonyl (C=O) groups excluding carboxylic acids is 1. The number of nitrogens with zero attached hydrogens (tertiary/aromatic N) is 3. The van der Waals surface area contributed by atoms with Gasteiger partial charge < -0.3 is 20.1 Å². The van der Waals surface area contributed by atoms with E-state index in [2.05, 4.69) is 43.4 Å². The molecule has 8 nitrogen and oxygen atoms in total. The monoisotopic (exact) mass is 605 g/mol. The van der Waals surface area contributed by atoms with Crippen LogP contribution in [0.3, 0.4) is 0 Å². The molecule has 1 saturated heterocycles. The summed E-state index contributed by atoms with van der Waals surface area (Å²) in [5.41, 5.74) is 13.1. The molecule has 220 valence electrons. The Kier molecular flexibility index (Phi) is 8.25. The number of anilines is 3. The second kappa shape index (κ2) is 11.7. The first-order valence-corrected chi connectivity index (χ1v) is 16.2. The van der Waals surface area contributed by atoms with Crippen molar-refractivity contribution in [3.63, 3.8) is 0 Å². The van der Waals surface area contributed by atoms with Gasteiger partial charge in [-0.25, -0.2) is 13.1 Å². The van der Waals surface area contributed by atoms with Crippen molar-refractivity contribution in [1.29, 1.82) is 0 Å². The Hall–Kier alpha value is -3.95. The van der Waals surface area contributed by atoms with E-state index in [-0.39, 0.29) is 6.04 Å². The summed E-state index contributed by atoms with van der Waals surface area (Å²) in [5.74, 6) is -0.651. The standard InChI is InChI=1S/C32H36ClN5O3S/c1-21(2)38-22(3)29(32(39)35-42(4,40)41)30(31(38)23-8-10-25(33)11-9-23)24-6-5-7-28(20-24)37-18-16-36(17-19-37)27-14-12-26(34)13-15-27/h5-15,20-21H,16-19,34H2,1-4H3,(H,35,39). The smallest absolute Gasteiger partial charge is 0.267 e. The summed E-state index contributed by atoms with van der Waals surface area (Å²) in [6.07, 6.45) is 0.990. The van der Waals surface area contributed by atoms with Crippen molar-refractivity contribution < 1.29 is 13.2 Å². The molecule has 1 amide bonds. The third-order valence-electron chi connectivity index (χ3n) is 7.63. The molecule has 1 aromatic heterocycles. The third kappa shape index (κ3) is 6.12. The zero-order valence-electron chi connectivity index (χ0n) is 24.3. The van der Waals surface area contributed by atoms with Gasteiger partial charge in [-0.2, -0.15) is 0 Å². The molecular weight excluding hydrogens is 570 g/mol. The molecule has 4 aromatic rings. The second-order valence-corrected chi connectivity index (χ2v) is 13.2. The van der Waals surface area contributed by atoms with Crippen LogP contribution < -0.4 is 20.3 Å². The van der Waals surface area contributed by atoms with Gasteiger partial charge in [0.1, 0.15) is 0 Å². The van der Waals surface area contributed by atoms with Gasteiger partial charge in [-0.15, -0.1) is 0 Å². The van der Waals surface area contributed by atoms with Gasteiger partial charge in [-0.3, -0.25) is 4.79 Å². The molecule has 2 heterocycles. The minimum Gasteiger partial charge on any atom is -0.399 e. The van der Waals surface area contributed by atoms with E-state index in [0.717, 1.165) is 66.3 Å². The maximum Gasteiger partial charge on any atom is 0.267 e. The van der Waals surface area contributed by atoms with Gasteiger partial charge in [0, 0.05) is 65.6 Å². The summed E-state index contributed by atoms with van der Waals surface area (Å²) in [4.78, 5) is 18.3. The molecule has 1 fully saturated rings. The SMILES string of the molecule is Cc1c(C(=O)NS(C)(=O)=O)c(-c2cccc(N3CCN(c4ccc(N)cc4)CC3)c2)c(-c2ccc(Cl)cc2)n1C(C)C. The van der Waals surface area contributed by atoms with Crippen LogP contribution in [0.2, 0.25) is 5.02 Å². The molecule has 0 atom stereocenters. The Labute approximate surface area is 252 Å². The molecule has 0 spiro atoms. The molecule has 1 aliphatic heterocycles. The molecule has 0 saturated carbocycles. The molecule has 0 bridgehead atoms. The highest BCUT2D eigenvalue weighted by atomic mass is 35.5. The predicted molar refractivity (Wildman–Crippen MR) is 173 cm³/mol. The number of piperazine rings is 1. The molecular formula is C32H36ClN5O3S. The number of halogens is 1. The van der Waals surface area contributed by atoms with Crippen LogP contribution in [0.15, 0.2) is 72.8 Å². The van der Waals surface area contributed by atoms with Crippen molar-refractivity contribution in [2.24, 2.45) is 0 Å². The number of rotatable bonds is 7. The summed E-state index contributed by atoms with van der Waals surface area (Å²) in [6.45, 7) is 9.32. The van der Waals surface area contributed by atoms with Crippen LogP contribution in [-0.4, -0.2) is 51.3 Å². The maximum atomic E-state index is 13.6. The molecule has 0 radical (unpaired) electrons. The molecule has 1 aliphatic rings. The van der Waals surface area contributed by atoms with Crippen LogP contribution in [-0.2, 0) is 10.0 Å². The Morgan fingerprint density at radius 1 is 0.881 bits per heavy atom. The van der Waals surface area contributed by atoms with E-state index < -0.39 is 15.9 Å². The molecule has 42 heavy (non-hydrogen) atoms. The first kappa shape index (κ1) is 29.5. The van der Waals surface area contributed by atoms with Crippen molar-refractivity contribution in [2.75, 3.05) is 48.0 Å². The third-order valence-corrected chi connectivity index (χ3v) is 8.44. The van der Waals surface area contributed by atoms with Gasteiger partial charge in [-0.05, 0) is 80.4 Å². The molecule has 0 aliphatic carbocycles. The van der Waals surface area contributed by atoms with E-state index in [1.165, 1.54) is 0 Å². The van der Waals surface area contributed by atoms with Crippen molar-refractivity contribution in [2.45, 2.75) is 26.8 Å². The van der Waals surface area contributed by atoms with Gasteiger partial charge in [0.05, 0.1) is 17.5 Å². The van der Waals surface area contributed by atoms with E-state index in [4.69, 9.17) is 17.3 Å². The van der Waals surface area contributed by atoms with Gasteiger partial charge in [0.2, 0.25) is 10.0 Å². The van der Waals surface area contributed by atoms with Gasteiger partial charge in [-0.1, -0.05) is 35.9 Å². The lowest BCUT2D eigenvalue weighted by Gasteiger charge is -2.37. The lowest BCUT2D eigenvalue weighted by atomic mass is 9.96. The number of nitrogen functional groups attached to an aromatic ring is 1. The van der Waals surface area contributed by atoms with E-state index in [0.29, 0.717) is 21.8 Å². The minimum atomic E-state index is -3.78. The highest BCUT2D eigenvalue weighted by Crippen LogP contribution is 2.42. The summed E-state index contributed by atoms with van der Waals surface area (Å²) in [6, 6.07) is 23.6. The highest BCUT2D eigenvalue weighted by molar-refractivity contribution is 7.89. The van der Waals surface area contributed by atoms with Crippen molar-refractivity contribution in [3.8, 4) is 22.4 Å². The van der Waals surface area contributed by atoms with Gasteiger partial charge in [0.15, 0.2) is 0 Å². The largest absolute Gasteiger partial charge is 0.399 e. The van der Waals surface area contributed by atoms with Crippen LogP contribution >= 0.6 is 11.6 Å². The first-order valence-electron chi connectivity index (χ1n) is 13.9. The fraction of sp³-hybridized carbons (Fsp3) is 0.281. The Balaban J connectivity index is 1.59. The Bertz CT molecular complexity index is 1710. The van der Waals surface area contributed by atoms with E-state index in [1.807, 2.05) is 69.3 Å². The highest BCUT2D eigenvalue weighted by Gasteiger charge is 2.30. The number of aromatic nitrogens is 1. The predicted octanol–water partition coefficient (Wildman–Crippen LogP) is 5.96. The normalized spacial score (nSPS) is 14.0. The number of amides is 1. The minimum absolute atomic E-state index is 0.00110. The van der Waals surface area contributed by atoms with Crippen molar-refractivity contribution in [3.05, 3.63) is 89.1 Å². The van der Waals surface area contributed by atoms with Gasteiger partial charge in [0.25, 0.3) is 5.91 Å². The van der Waals surface area contributed by atoms with Crippen LogP contribution in [0.4, 0.5) is 17.1 Å². The van der Waals surface area contributed by atoms with Crippen LogP contribution in [0.25, 0.3) is 22.4 Å². The van der Waals surface area contributed by atoms with Crippen LogP contribution in [0, 0.1) is 6.92 Å². The molecule has 10 heteroatoms. The number of sulfonamides is 1. The summed E-state index contributed by atoms with van der Waals surface area (Å²) in [5, 5.41) is 0.606. The number of hydrogen-bond donors (Lipinski definition) is 2. The zero-order chi connectivity index (χ0) is 30.2.